The Hall–Kier alpha value is -0.870. The van der Waals surface area contributed by atoms with Crippen molar-refractivity contribution in [2.75, 3.05) is 12.9 Å². The number of fused-ring (bicyclic) bond motifs is 1. The number of para-hydroxylation sites is 1. The van der Waals surface area contributed by atoms with Crippen LogP contribution in [-0.2, 0) is 12.4 Å². The number of halogens is 1. The molecule has 2 heterocycles. The van der Waals surface area contributed by atoms with Crippen molar-refractivity contribution in [3.63, 3.8) is 0 Å². The summed E-state index contributed by atoms with van der Waals surface area (Å²) in [5, 5.41) is 0.675. The maximum atomic E-state index is 6.09. The molecular weight excluding hydrogens is 292 g/mol. The monoisotopic (exact) mass is 310 g/mol. The van der Waals surface area contributed by atoms with Crippen molar-refractivity contribution < 1.29 is 4.74 Å². The third-order valence-corrected chi connectivity index (χ3v) is 5.44. The van der Waals surface area contributed by atoms with E-state index in [0.29, 0.717) is 11.1 Å². The van der Waals surface area contributed by atoms with Gasteiger partial charge in [-0.1, -0.05) is 12.5 Å². The van der Waals surface area contributed by atoms with Gasteiger partial charge in [0.15, 0.2) is 0 Å². The molecule has 0 bridgehead atoms. The molecule has 1 unspecified atom stereocenters. The second-order valence-electron chi connectivity index (χ2n) is 5.09. The van der Waals surface area contributed by atoms with E-state index in [4.69, 9.17) is 16.3 Å². The molecule has 108 valence electrons. The first kappa shape index (κ1) is 14.1. The van der Waals surface area contributed by atoms with Crippen molar-refractivity contribution in [3.8, 4) is 5.75 Å². The highest BCUT2D eigenvalue weighted by molar-refractivity contribution is 7.99. The number of thioether (sulfide) groups is 1. The molecule has 3 nitrogen and oxygen atoms in total. The first-order valence-electron chi connectivity index (χ1n) is 7.03. The molecular formula is C15H19ClN2OS. The van der Waals surface area contributed by atoms with Crippen LogP contribution in [0.15, 0.2) is 18.2 Å². The van der Waals surface area contributed by atoms with E-state index in [1.807, 2.05) is 12.1 Å². The third kappa shape index (κ3) is 2.63. The number of aromatic nitrogens is 2. The van der Waals surface area contributed by atoms with Crippen LogP contribution in [-0.4, -0.2) is 27.7 Å². The van der Waals surface area contributed by atoms with Crippen molar-refractivity contribution in [1.29, 1.82) is 0 Å². The van der Waals surface area contributed by atoms with Gasteiger partial charge in [0.2, 0.25) is 0 Å². The summed E-state index contributed by atoms with van der Waals surface area (Å²) in [6, 6.07) is 6.08. The van der Waals surface area contributed by atoms with Gasteiger partial charge in [0.25, 0.3) is 0 Å². The minimum Gasteiger partial charge on any atom is -0.494 e. The van der Waals surface area contributed by atoms with Crippen LogP contribution in [0.1, 0.15) is 25.1 Å². The zero-order chi connectivity index (χ0) is 13.9. The van der Waals surface area contributed by atoms with Gasteiger partial charge >= 0.3 is 0 Å². The average Bonchev–Trinajstić information content (AvgIpc) is 2.86. The topological polar surface area (TPSA) is 27.1 Å². The molecule has 0 radical (unpaired) electrons. The lowest BCUT2D eigenvalue weighted by Gasteiger charge is -2.22. The number of hydrogen-bond donors (Lipinski definition) is 0. The molecule has 0 spiro atoms. The van der Waals surface area contributed by atoms with Crippen LogP contribution in [0.2, 0.25) is 0 Å². The first-order valence-corrected chi connectivity index (χ1v) is 8.61. The average molecular weight is 311 g/mol. The first-order chi connectivity index (χ1) is 9.83. The van der Waals surface area contributed by atoms with Crippen molar-refractivity contribution in [2.45, 2.75) is 36.9 Å². The van der Waals surface area contributed by atoms with E-state index in [1.54, 1.807) is 7.11 Å². The Labute approximate surface area is 128 Å². The summed E-state index contributed by atoms with van der Waals surface area (Å²) in [6.45, 7) is 0.996. The molecule has 0 amide bonds. The fourth-order valence-electron chi connectivity index (χ4n) is 2.79. The molecule has 5 heteroatoms. The summed E-state index contributed by atoms with van der Waals surface area (Å²) in [4.78, 5) is 4.66. The number of rotatable bonds is 4. The van der Waals surface area contributed by atoms with E-state index in [1.165, 1.54) is 25.0 Å². The predicted octanol–water partition coefficient (Wildman–Crippen LogP) is 4.07. The van der Waals surface area contributed by atoms with Crippen LogP contribution in [0, 0.1) is 0 Å². The van der Waals surface area contributed by atoms with E-state index in [9.17, 15) is 0 Å². The lowest BCUT2D eigenvalue weighted by molar-refractivity contribution is 0.419. The van der Waals surface area contributed by atoms with Gasteiger partial charge in [-0.05, 0) is 30.7 Å². The number of methoxy groups -OCH3 is 1. The lowest BCUT2D eigenvalue weighted by Crippen LogP contribution is -2.18. The maximum absolute atomic E-state index is 6.09. The molecule has 1 aliphatic rings. The van der Waals surface area contributed by atoms with Gasteiger partial charge in [-0.3, -0.25) is 0 Å². The standard InChI is InChI=1S/C15H19ClN2OS/c1-19-13-7-4-6-12-15(13)17-14(9-16)18(12)10-11-5-2-3-8-20-11/h4,6-7,11H,2-3,5,8-10H2,1H3. The number of hydrogen-bond acceptors (Lipinski definition) is 3. The second-order valence-corrected chi connectivity index (χ2v) is 6.76. The Morgan fingerprint density at radius 2 is 2.35 bits per heavy atom. The van der Waals surface area contributed by atoms with E-state index in [0.717, 1.165) is 29.2 Å². The van der Waals surface area contributed by atoms with Crippen LogP contribution >= 0.6 is 23.4 Å². The smallest absolute Gasteiger partial charge is 0.146 e. The normalized spacial score (nSPS) is 19.4. The quantitative estimate of drug-likeness (QED) is 0.797. The van der Waals surface area contributed by atoms with E-state index >= 15 is 0 Å². The molecule has 0 N–H and O–H groups in total. The molecule has 20 heavy (non-hydrogen) atoms. The van der Waals surface area contributed by atoms with Crippen LogP contribution in [0.5, 0.6) is 5.75 Å². The van der Waals surface area contributed by atoms with Crippen molar-refractivity contribution in [1.82, 2.24) is 9.55 Å². The Kier molecular flexibility index (Phi) is 4.41. The largest absolute Gasteiger partial charge is 0.494 e. The molecule has 0 aliphatic carbocycles. The van der Waals surface area contributed by atoms with E-state index in [-0.39, 0.29) is 0 Å². The molecule has 1 fully saturated rings. The lowest BCUT2D eigenvalue weighted by atomic mass is 10.2. The molecule has 0 saturated carbocycles. The summed E-state index contributed by atoms with van der Waals surface area (Å²) < 4.78 is 7.68. The van der Waals surface area contributed by atoms with Gasteiger partial charge in [-0.2, -0.15) is 11.8 Å². The highest BCUT2D eigenvalue weighted by Crippen LogP contribution is 2.31. The van der Waals surface area contributed by atoms with Gasteiger partial charge in [0.1, 0.15) is 17.1 Å². The molecule has 1 atom stereocenters. The summed E-state index contributed by atoms with van der Waals surface area (Å²) in [5.74, 6) is 3.48. The fraction of sp³-hybridized carbons (Fsp3) is 0.533. The highest BCUT2D eigenvalue weighted by Gasteiger charge is 2.19. The number of nitrogens with zero attached hydrogens (tertiary/aromatic N) is 2. The number of benzene rings is 1. The van der Waals surface area contributed by atoms with Gasteiger partial charge in [-0.15, -0.1) is 11.6 Å². The Bertz CT molecular complexity index is 593. The minimum absolute atomic E-state index is 0.440. The SMILES string of the molecule is COc1cccc2c1nc(CCl)n2CC1CCCCS1. The summed E-state index contributed by atoms with van der Waals surface area (Å²) in [5.41, 5.74) is 2.05. The van der Waals surface area contributed by atoms with Crippen molar-refractivity contribution in [3.05, 3.63) is 24.0 Å². The summed E-state index contributed by atoms with van der Waals surface area (Å²) >= 11 is 8.16. The minimum atomic E-state index is 0.440. The molecule has 1 aromatic heterocycles. The van der Waals surface area contributed by atoms with Crippen molar-refractivity contribution >= 4 is 34.4 Å². The fourth-order valence-corrected chi connectivity index (χ4v) is 4.29. The molecule has 1 aliphatic heterocycles. The van der Waals surface area contributed by atoms with Gasteiger partial charge in [-0.25, -0.2) is 4.98 Å². The third-order valence-electron chi connectivity index (χ3n) is 3.82. The molecule has 2 aromatic rings. The molecule has 3 rings (SSSR count). The van der Waals surface area contributed by atoms with Crippen LogP contribution in [0.3, 0.4) is 0 Å². The van der Waals surface area contributed by atoms with Crippen LogP contribution < -0.4 is 4.74 Å². The van der Waals surface area contributed by atoms with Gasteiger partial charge in [0.05, 0.1) is 18.5 Å². The summed E-state index contributed by atoms with van der Waals surface area (Å²) in [6.07, 6.45) is 3.97. The summed E-state index contributed by atoms with van der Waals surface area (Å²) in [7, 11) is 1.69. The van der Waals surface area contributed by atoms with E-state index < -0.39 is 0 Å². The highest BCUT2D eigenvalue weighted by atomic mass is 35.5. The maximum Gasteiger partial charge on any atom is 0.146 e. The predicted molar refractivity (Wildman–Crippen MR) is 85.9 cm³/mol. The molecule has 1 aromatic carbocycles. The number of imidazole rings is 1. The second kappa shape index (κ2) is 6.27. The Balaban J connectivity index is 1.99. The van der Waals surface area contributed by atoms with E-state index in [2.05, 4.69) is 27.4 Å². The molecule has 1 saturated heterocycles. The van der Waals surface area contributed by atoms with Gasteiger partial charge < -0.3 is 9.30 Å². The number of ether oxygens (including phenoxy) is 1. The van der Waals surface area contributed by atoms with Crippen LogP contribution in [0.25, 0.3) is 11.0 Å². The zero-order valence-corrected chi connectivity index (χ0v) is 13.2. The number of alkyl halides is 1. The Morgan fingerprint density at radius 3 is 3.05 bits per heavy atom. The van der Waals surface area contributed by atoms with Crippen molar-refractivity contribution in [2.24, 2.45) is 0 Å². The van der Waals surface area contributed by atoms with Gasteiger partial charge in [0, 0.05) is 11.8 Å². The zero-order valence-electron chi connectivity index (χ0n) is 11.6. The Morgan fingerprint density at radius 1 is 1.45 bits per heavy atom. The van der Waals surface area contributed by atoms with Crippen LogP contribution in [0.4, 0.5) is 0 Å².